The van der Waals surface area contributed by atoms with Crippen molar-refractivity contribution < 1.29 is 24.0 Å². The number of nitro benzene ring substituents is 1. The van der Waals surface area contributed by atoms with Crippen LogP contribution in [0.3, 0.4) is 0 Å². The summed E-state index contributed by atoms with van der Waals surface area (Å²) in [6.45, 7) is 5.85. The number of hydrogen-bond acceptors (Lipinski definition) is 7. The van der Waals surface area contributed by atoms with Crippen molar-refractivity contribution in [2.75, 3.05) is 18.4 Å². The summed E-state index contributed by atoms with van der Waals surface area (Å²) in [4.78, 5) is 54.1. The average Bonchev–Trinajstić information content (AvgIpc) is 3.25. The smallest absolute Gasteiger partial charge is 0.410 e. The van der Waals surface area contributed by atoms with Crippen LogP contribution in [-0.2, 0) is 14.3 Å². The number of non-ortho nitro benzene ring substituents is 1. The van der Waals surface area contributed by atoms with E-state index in [-0.39, 0.29) is 24.6 Å². The van der Waals surface area contributed by atoms with Gasteiger partial charge in [-0.3, -0.25) is 29.6 Å². The number of carbonyl (C=O) groups excluding carboxylic acids is 3. The van der Waals surface area contributed by atoms with E-state index in [4.69, 9.17) is 16.2 Å². The number of hydrogen-bond donors (Lipinski definition) is 4. The zero-order valence-corrected chi connectivity index (χ0v) is 20.2. The topological polar surface area (TPSA) is 195 Å². The minimum absolute atomic E-state index is 0.0834. The minimum Gasteiger partial charge on any atom is -0.444 e. The van der Waals surface area contributed by atoms with Gasteiger partial charge in [-0.25, -0.2) is 4.79 Å². The van der Waals surface area contributed by atoms with Crippen LogP contribution in [0.4, 0.5) is 16.2 Å². The van der Waals surface area contributed by atoms with E-state index in [1.807, 2.05) is 0 Å². The first-order chi connectivity index (χ1) is 16.4. The molecule has 2 atom stereocenters. The van der Waals surface area contributed by atoms with Crippen LogP contribution in [0.2, 0.25) is 0 Å². The SMILES string of the molecule is CC(C)(C)OC(=O)N1CCC[C@H]1C(=O)N[C@@H](CCCN=C(N)N)C(=O)Nc1ccc([N+](=O)[O-])cc1. The highest BCUT2D eigenvalue weighted by Crippen LogP contribution is 2.22. The van der Waals surface area contributed by atoms with E-state index < -0.39 is 40.5 Å². The third-order valence-electron chi connectivity index (χ3n) is 5.11. The highest BCUT2D eigenvalue weighted by Gasteiger charge is 2.38. The number of nitrogens with zero attached hydrogens (tertiary/aromatic N) is 3. The zero-order valence-electron chi connectivity index (χ0n) is 20.2. The van der Waals surface area contributed by atoms with Crippen molar-refractivity contribution in [2.45, 2.75) is 64.1 Å². The molecule has 1 fully saturated rings. The van der Waals surface area contributed by atoms with E-state index in [9.17, 15) is 24.5 Å². The Bertz CT molecular complexity index is 954. The summed E-state index contributed by atoms with van der Waals surface area (Å²) in [5, 5.41) is 16.2. The van der Waals surface area contributed by atoms with Gasteiger partial charge in [-0.1, -0.05) is 0 Å². The first-order valence-corrected chi connectivity index (χ1v) is 11.3. The van der Waals surface area contributed by atoms with Gasteiger partial charge in [0.1, 0.15) is 17.7 Å². The summed E-state index contributed by atoms with van der Waals surface area (Å²) in [6, 6.07) is 3.61. The van der Waals surface area contributed by atoms with Gasteiger partial charge in [-0.2, -0.15) is 0 Å². The van der Waals surface area contributed by atoms with Gasteiger partial charge in [0.15, 0.2) is 5.96 Å². The number of anilines is 1. The summed E-state index contributed by atoms with van der Waals surface area (Å²) >= 11 is 0. The molecule has 13 heteroatoms. The summed E-state index contributed by atoms with van der Waals surface area (Å²) in [6.07, 6.45) is 1.10. The molecule has 1 aromatic carbocycles. The van der Waals surface area contributed by atoms with Crippen molar-refractivity contribution in [3.8, 4) is 0 Å². The normalized spacial score (nSPS) is 16.2. The van der Waals surface area contributed by atoms with Crippen molar-refractivity contribution >= 4 is 35.2 Å². The molecule has 2 rings (SSSR count). The number of carbonyl (C=O) groups is 3. The molecule has 35 heavy (non-hydrogen) atoms. The lowest BCUT2D eigenvalue weighted by Gasteiger charge is -2.29. The molecule has 6 N–H and O–H groups in total. The molecule has 0 aliphatic carbocycles. The van der Waals surface area contributed by atoms with Crippen LogP contribution in [0.1, 0.15) is 46.5 Å². The zero-order chi connectivity index (χ0) is 26.2. The van der Waals surface area contributed by atoms with Crippen molar-refractivity contribution in [3.63, 3.8) is 0 Å². The quantitative estimate of drug-likeness (QED) is 0.131. The van der Waals surface area contributed by atoms with Crippen LogP contribution in [0, 0.1) is 10.1 Å². The Morgan fingerprint density at radius 2 is 1.91 bits per heavy atom. The van der Waals surface area contributed by atoms with Crippen LogP contribution >= 0.6 is 0 Å². The lowest BCUT2D eigenvalue weighted by atomic mass is 10.1. The molecule has 0 aromatic heterocycles. The standard InChI is InChI=1S/C22H33N7O6/c1-22(2,3)35-21(32)28-13-5-7-17(28)19(31)27-16(6-4-12-25-20(23)24)18(30)26-14-8-10-15(11-9-14)29(33)34/h8-11,16-17H,4-7,12-13H2,1-3H3,(H,26,30)(H,27,31)(H4,23,24,25)/t16-,17-/m0/s1. The maximum atomic E-state index is 13.1. The first-order valence-electron chi connectivity index (χ1n) is 11.3. The Hall–Kier alpha value is -3.90. The monoisotopic (exact) mass is 491 g/mol. The summed E-state index contributed by atoms with van der Waals surface area (Å²) in [5.74, 6) is -1.07. The van der Waals surface area contributed by atoms with E-state index >= 15 is 0 Å². The van der Waals surface area contributed by atoms with Gasteiger partial charge < -0.3 is 26.8 Å². The summed E-state index contributed by atoms with van der Waals surface area (Å²) in [5.41, 5.74) is 10.2. The Morgan fingerprint density at radius 1 is 1.26 bits per heavy atom. The van der Waals surface area contributed by atoms with Crippen LogP contribution < -0.4 is 22.1 Å². The fourth-order valence-electron chi connectivity index (χ4n) is 3.51. The number of rotatable bonds is 9. The van der Waals surface area contributed by atoms with Gasteiger partial charge in [0.05, 0.1) is 4.92 Å². The lowest BCUT2D eigenvalue weighted by Crippen LogP contribution is -2.52. The number of nitro groups is 1. The minimum atomic E-state index is -0.951. The predicted octanol–water partition coefficient (Wildman–Crippen LogP) is 1.47. The number of nitrogens with one attached hydrogen (secondary N) is 2. The molecule has 1 aliphatic rings. The highest BCUT2D eigenvalue weighted by molar-refractivity contribution is 5.98. The maximum Gasteiger partial charge on any atom is 0.410 e. The average molecular weight is 492 g/mol. The molecule has 0 radical (unpaired) electrons. The maximum absolute atomic E-state index is 13.1. The van der Waals surface area contributed by atoms with E-state index in [2.05, 4.69) is 15.6 Å². The fourth-order valence-corrected chi connectivity index (χ4v) is 3.51. The van der Waals surface area contributed by atoms with Crippen LogP contribution in [-0.4, -0.2) is 64.5 Å². The molecule has 0 unspecified atom stereocenters. The van der Waals surface area contributed by atoms with Gasteiger partial charge in [0, 0.05) is 30.9 Å². The van der Waals surface area contributed by atoms with Gasteiger partial charge in [0.25, 0.3) is 5.69 Å². The third kappa shape index (κ3) is 8.76. The van der Waals surface area contributed by atoms with Gasteiger partial charge in [0.2, 0.25) is 11.8 Å². The predicted molar refractivity (Wildman–Crippen MR) is 130 cm³/mol. The van der Waals surface area contributed by atoms with Crippen molar-refractivity contribution in [1.82, 2.24) is 10.2 Å². The highest BCUT2D eigenvalue weighted by atomic mass is 16.6. The molecule has 13 nitrogen and oxygen atoms in total. The van der Waals surface area contributed by atoms with Crippen molar-refractivity contribution in [3.05, 3.63) is 34.4 Å². The van der Waals surface area contributed by atoms with E-state index in [0.717, 1.165) is 0 Å². The first kappa shape index (κ1) is 27.3. The fraction of sp³-hybridized carbons (Fsp3) is 0.545. The Morgan fingerprint density at radius 3 is 2.49 bits per heavy atom. The number of ether oxygens (including phenoxy) is 1. The number of amides is 3. The molecular weight excluding hydrogens is 458 g/mol. The molecular formula is C22H33N7O6. The van der Waals surface area contributed by atoms with Crippen LogP contribution in [0.25, 0.3) is 0 Å². The molecule has 1 aromatic rings. The molecule has 0 saturated carbocycles. The van der Waals surface area contributed by atoms with Crippen LogP contribution in [0.5, 0.6) is 0 Å². The Labute approximate surface area is 203 Å². The molecule has 0 spiro atoms. The van der Waals surface area contributed by atoms with Gasteiger partial charge in [-0.05, 0) is 58.6 Å². The summed E-state index contributed by atoms with van der Waals surface area (Å²) in [7, 11) is 0. The number of aliphatic imine (C=N–C) groups is 1. The number of guanidine groups is 1. The van der Waals surface area contributed by atoms with Crippen molar-refractivity contribution in [2.24, 2.45) is 16.5 Å². The van der Waals surface area contributed by atoms with E-state index in [0.29, 0.717) is 31.5 Å². The second-order valence-corrected chi connectivity index (χ2v) is 9.13. The third-order valence-corrected chi connectivity index (χ3v) is 5.11. The number of benzene rings is 1. The second kappa shape index (κ2) is 12.0. The van der Waals surface area contributed by atoms with Gasteiger partial charge in [-0.15, -0.1) is 0 Å². The largest absolute Gasteiger partial charge is 0.444 e. The van der Waals surface area contributed by atoms with E-state index in [1.54, 1.807) is 20.8 Å². The molecule has 1 aliphatic heterocycles. The summed E-state index contributed by atoms with van der Waals surface area (Å²) < 4.78 is 5.40. The van der Waals surface area contributed by atoms with E-state index in [1.165, 1.54) is 29.2 Å². The molecule has 3 amide bonds. The Balaban J connectivity index is 2.11. The molecule has 0 bridgehead atoms. The second-order valence-electron chi connectivity index (χ2n) is 9.13. The molecule has 1 saturated heterocycles. The number of likely N-dealkylation sites (tertiary alicyclic amines) is 1. The van der Waals surface area contributed by atoms with Gasteiger partial charge >= 0.3 is 6.09 Å². The van der Waals surface area contributed by atoms with Crippen molar-refractivity contribution in [1.29, 1.82) is 0 Å². The van der Waals surface area contributed by atoms with Crippen LogP contribution in [0.15, 0.2) is 29.3 Å². The lowest BCUT2D eigenvalue weighted by molar-refractivity contribution is -0.384. The Kier molecular flexibility index (Phi) is 9.37. The number of nitrogens with two attached hydrogens (primary N) is 2. The molecule has 192 valence electrons. The molecule has 1 heterocycles.